The second-order valence-electron chi connectivity index (χ2n) is 5.17. The zero-order valence-electron chi connectivity index (χ0n) is 12.5. The summed E-state index contributed by atoms with van der Waals surface area (Å²) in [5.41, 5.74) is 10.1. The van der Waals surface area contributed by atoms with Crippen LogP contribution in [0.2, 0.25) is 0 Å². The van der Waals surface area contributed by atoms with Gasteiger partial charge in [-0.3, -0.25) is 9.78 Å². The first-order chi connectivity index (χ1) is 10.6. The molecule has 2 N–H and O–H groups in total. The number of thiophene rings is 1. The first-order valence-electron chi connectivity index (χ1n) is 7.03. The Balaban J connectivity index is 2.16. The summed E-state index contributed by atoms with van der Waals surface area (Å²) in [6.45, 7) is 4.59. The number of carbonyl (C=O) groups excluding carboxylic acids is 1. The highest BCUT2D eigenvalue weighted by atomic mass is 32.1. The van der Waals surface area contributed by atoms with Crippen molar-refractivity contribution in [2.45, 2.75) is 20.4 Å². The number of carbonyl (C=O) groups is 1. The zero-order chi connectivity index (χ0) is 15.7. The molecule has 0 aromatic carbocycles. The molecule has 0 saturated heterocycles. The van der Waals surface area contributed by atoms with Crippen LogP contribution in [0.4, 0.5) is 0 Å². The highest BCUT2D eigenvalue weighted by Crippen LogP contribution is 2.35. The van der Waals surface area contributed by atoms with Crippen LogP contribution < -0.4 is 5.73 Å². The fourth-order valence-electron chi connectivity index (χ4n) is 2.80. The van der Waals surface area contributed by atoms with Gasteiger partial charge in [0, 0.05) is 28.0 Å². The van der Waals surface area contributed by atoms with Crippen molar-refractivity contribution in [1.82, 2.24) is 9.55 Å². The maximum atomic E-state index is 12.0. The molecule has 0 fully saturated rings. The van der Waals surface area contributed by atoms with Crippen molar-refractivity contribution in [2.75, 3.05) is 0 Å². The zero-order valence-corrected chi connectivity index (χ0v) is 13.4. The van der Waals surface area contributed by atoms with Crippen LogP contribution in [-0.4, -0.2) is 15.5 Å². The van der Waals surface area contributed by atoms with E-state index in [4.69, 9.17) is 5.73 Å². The molecule has 3 aromatic heterocycles. The third kappa shape index (κ3) is 2.44. The SMILES string of the molecule is Cc1c(C(N)=O)c(-c2cccs2)c(C)n1Cc1ccccn1. The molecule has 5 heteroatoms. The van der Waals surface area contributed by atoms with E-state index in [2.05, 4.69) is 9.55 Å². The molecule has 0 bridgehead atoms. The van der Waals surface area contributed by atoms with Crippen molar-refractivity contribution < 1.29 is 4.79 Å². The molecule has 0 aliphatic rings. The molecule has 112 valence electrons. The molecule has 0 saturated carbocycles. The molecule has 0 unspecified atom stereocenters. The molecule has 0 atom stereocenters. The summed E-state index contributed by atoms with van der Waals surface area (Å²) in [5, 5.41) is 2.00. The molecule has 3 heterocycles. The lowest BCUT2D eigenvalue weighted by Gasteiger charge is -2.09. The monoisotopic (exact) mass is 311 g/mol. The summed E-state index contributed by atoms with van der Waals surface area (Å²) in [6.07, 6.45) is 1.78. The van der Waals surface area contributed by atoms with Gasteiger partial charge in [-0.2, -0.15) is 0 Å². The van der Waals surface area contributed by atoms with Crippen molar-refractivity contribution in [3.05, 3.63) is 64.6 Å². The van der Waals surface area contributed by atoms with E-state index >= 15 is 0 Å². The Morgan fingerprint density at radius 3 is 2.64 bits per heavy atom. The van der Waals surface area contributed by atoms with Gasteiger partial charge < -0.3 is 10.3 Å². The van der Waals surface area contributed by atoms with E-state index in [0.717, 1.165) is 27.5 Å². The van der Waals surface area contributed by atoms with Gasteiger partial charge in [0.2, 0.25) is 0 Å². The smallest absolute Gasteiger partial charge is 0.251 e. The van der Waals surface area contributed by atoms with E-state index in [-0.39, 0.29) is 5.91 Å². The van der Waals surface area contributed by atoms with Crippen molar-refractivity contribution in [3.8, 4) is 10.4 Å². The number of pyridine rings is 1. The quantitative estimate of drug-likeness (QED) is 0.803. The van der Waals surface area contributed by atoms with Gasteiger partial charge in [0.15, 0.2) is 0 Å². The van der Waals surface area contributed by atoms with Crippen LogP contribution in [0, 0.1) is 13.8 Å². The second kappa shape index (κ2) is 5.77. The normalized spacial score (nSPS) is 10.8. The Kier molecular flexibility index (Phi) is 3.81. The van der Waals surface area contributed by atoms with E-state index < -0.39 is 0 Å². The Morgan fingerprint density at radius 2 is 2.05 bits per heavy atom. The Labute approximate surface area is 133 Å². The molecule has 1 amide bonds. The van der Waals surface area contributed by atoms with Gasteiger partial charge in [-0.1, -0.05) is 12.1 Å². The van der Waals surface area contributed by atoms with E-state index in [1.807, 2.05) is 49.6 Å². The molecule has 3 rings (SSSR count). The van der Waals surface area contributed by atoms with Crippen molar-refractivity contribution in [3.63, 3.8) is 0 Å². The summed E-state index contributed by atoms with van der Waals surface area (Å²) < 4.78 is 2.11. The van der Waals surface area contributed by atoms with Crippen LogP contribution in [0.15, 0.2) is 41.9 Å². The van der Waals surface area contributed by atoms with E-state index in [1.54, 1.807) is 17.5 Å². The van der Waals surface area contributed by atoms with Crippen LogP contribution in [0.5, 0.6) is 0 Å². The minimum Gasteiger partial charge on any atom is -0.366 e. The summed E-state index contributed by atoms with van der Waals surface area (Å²) in [5.74, 6) is -0.385. The summed E-state index contributed by atoms with van der Waals surface area (Å²) >= 11 is 1.61. The van der Waals surface area contributed by atoms with Crippen molar-refractivity contribution in [1.29, 1.82) is 0 Å². The maximum absolute atomic E-state index is 12.0. The highest BCUT2D eigenvalue weighted by molar-refractivity contribution is 7.13. The van der Waals surface area contributed by atoms with E-state index in [9.17, 15) is 4.79 Å². The van der Waals surface area contributed by atoms with Gasteiger partial charge in [-0.05, 0) is 37.4 Å². The van der Waals surface area contributed by atoms with E-state index in [0.29, 0.717) is 12.1 Å². The van der Waals surface area contributed by atoms with Crippen LogP contribution in [0.1, 0.15) is 27.4 Å². The average molecular weight is 311 g/mol. The number of aromatic nitrogens is 2. The third-order valence-electron chi connectivity index (χ3n) is 3.84. The molecule has 0 aliphatic carbocycles. The summed E-state index contributed by atoms with van der Waals surface area (Å²) in [6, 6.07) is 9.84. The number of nitrogens with zero attached hydrogens (tertiary/aromatic N) is 2. The number of rotatable bonds is 4. The highest BCUT2D eigenvalue weighted by Gasteiger charge is 2.23. The second-order valence-corrected chi connectivity index (χ2v) is 6.12. The van der Waals surface area contributed by atoms with Crippen LogP contribution in [0.3, 0.4) is 0 Å². The van der Waals surface area contributed by atoms with Gasteiger partial charge in [0.1, 0.15) is 0 Å². The molecular formula is C17H17N3OS. The third-order valence-corrected chi connectivity index (χ3v) is 4.73. The first-order valence-corrected chi connectivity index (χ1v) is 7.91. The number of primary amides is 1. The predicted molar refractivity (Wildman–Crippen MR) is 89.1 cm³/mol. The van der Waals surface area contributed by atoms with Gasteiger partial charge >= 0.3 is 0 Å². The van der Waals surface area contributed by atoms with Crippen LogP contribution >= 0.6 is 11.3 Å². The minimum atomic E-state index is -0.385. The predicted octanol–water partition coefficient (Wildman–Crippen LogP) is 3.38. The molecule has 4 nitrogen and oxygen atoms in total. The fraction of sp³-hybridized carbons (Fsp3) is 0.176. The fourth-order valence-corrected chi connectivity index (χ4v) is 3.63. The van der Waals surface area contributed by atoms with Gasteiger partial charge in [-0.25, -0.2) is 0 Å². The van der Waals surface area contributed by atoms with Gasteiger partial charge in [-0.15, -0.1) is 11.3 Å². The molecule has 3 aromatic rings. The molecule has 0 aliphatic heterocycles. The van der Waals surface area contributed by atoms with Gasteiger partial charge in [0.25, 0.3) is 5.91 Å². The lowest BCUT2D eigenvalue weighted by molar-refractivity contribution is 0.1000. The molecule has 22 heavy (non-hydrogen) atoms. The average Bonchev–Trinajstić information content (AvgIpc) is 3.10. The Hall–Kier alpha value is -2.40. The topological polar surface area (TPSA) is 60.9 Å². The number of nitrogens with two attached hydrogens (primary N) is 1. The summed E-state index contributed by atoms with van der Waals surface area (Å²) in [4.78, 5) is 17.4. The molecule has 0 spiro atoms. The van der Waals surface area contributed by atoms with Gasteiger partial charge in [0.05, 0.1) is 17.8 Å². The number of hydrogen-bond donors (Lipinski definition) is 1. The number of hydrogen-bond acceptors (Lipinski definition) is 3. The summed E-state index contributed by atoms with van der Waals surface area (Å²) in [7, 11) is 0. The largest absolute Gasteiger partial charge is 0.366 e. The Morgan fingerprint density at radius 1 is 1.23 bits per heavy atom. The lowest BCUT2D eigenvalue weighted by Crippen LogP contribution is -2.13. The first kappa shape index (κ1) is 14.5. The van der Waals surface area contributed by atoms with Crippen molar-refractivity contribution >= 4 is 17.2 Å². The Bertz CT molecular complexity index is 804. The molecule has 0 radical (unpaired) electrons. The van der Waals surface area contributed by atoms with Crippen LogP contribution in [-0.2, 0) is 6.54 Å². The maximum Gasteiger partial charge on any atom is 0.251 e. The number of amides is 1. The molecular weight excluding hydrogens is 294 g/mol. The van der Waals surface area contributed by atoms with E-state index in [1.165, 1.54) is 0 Å². The minimum absolute atomic E-state index is 0.385. The van der Waals surface area contributed by atoms with Crippen molar-refractivity contribution in [2.24, 2.45) is 5.73 Å². The standard InChI is InChI=1S/C17H17N3OS/c1-11-15(14-7-5-9-22-14)16(17(18)21)12(2)20(11)10-13-6-3-4-8-19-13/h3-9H,10H2,1-2H3,(H2,18,21). The van der Waals surface area contributed by atoms with Crippen LogP contribution in [0.25, 0.3) is 10.4 Å². The lowest BCUT2D eigenvalue weighted by atomic mass is 10.1.